The number of hydrogen-bond acceptors (Lipinski definition) is 2. The van der Waals surface area contributed by atoms with Crippen LogP contribution in [0.25, 0.3) is 0 Å². The molecule has 0 spiro atoms. The first-order chi connectivity index (χ1) is 10.7. The molecule has 2 aromatic carbocycles. The van der Waals surface area contributed by atoms with Crippen molar-refractivity contribution >= 4 is 5.91 Å². The van der Waals surface area contributed by atoms with E-state index in [9.17, 15) is 4.79 Å². The predicted octanol–water partition coefficient (Wildman–Crippen LogP) is 2.99. The molecule has 22 heavy (non-hydrogen) atoms. The molecule has 0 unspecified atom stereocenters. The van der Waals surface area contributed by atoms with Crippen LogP contribution in [0.2, 0.25) is 0 Å². The molecule has 0 fully saturated rings. The second kappa shape index (κ2) is 6.48. The second-order valence-corrected chi connectivity index (χ2v) is 5.56. The molecule has 0 atom stereocenters. The Bertz CT molecular complexity index is 679. The van der Waals surface area contributed by atoms with E-state index in [0.717, 1.165) is 25.2 Å². The third kappa shape index (κ3) is 3.19. The van der Waals surface area contributed by atoms with Crippen LogP contribution in [0.5, 0.6) is 0 Å². The highest BCUT2D eigenvalue weighted by Crippen LogP contribution is 2.20. The summed E-state index contributed by atoms with van der Waals surface area (Å²) in [7, 11) is 0. The summed E-state index contributed by atoms with van der Waals surface area (Å²) in [4.78, 5) is 14.3. The highest BCUT2D eigenvalue weighted by molar-refractivity contribution is 5.94. The van der Waals surface area contributed by atoms with E-state index >= 15 is 0 Å². The molecule has 0 aromatic heterocycles. The molecule has 0 aliphatic carbocycles. The predicted molar refractivity (Wildman–Crippen MR) is 88.5 cm³/mol. The number of carbonyl (C=O) groups is 1. The van der Waals surface area contributed by atoms with Crippen LogP contribution in [0.15, 0.2) is 66.9 Å². The van der Waals surface area contributed by atoms with Crippen LogP contribution in [-0.4, -0.2) is 23.9 Å². The Hall–Kier alpha value is -2.55. The second-order valence-electron chi connectivity index (χ2n) is 5.56. The number of nitrogens with one attached hydrogen (secondary N) is 1. The molecule has 1 aliphatic rings. The topological polar surface area (TPSA) is 32.3 Å². The SMILES string of the molecule is C=C(CNC(=O)c1ccccc1)N1CCc2ccccc2C1. The quantitative estimate of drug-likeness (QED) is 0.939. The number of amides is 1. The number of fused-ring (bicyclic) bond motifs is 1. The van der Waals surface area contributed by atoms with E-state index in [2.05, 4.69) is 41.1 Å². The third-order valence-corrected chi connectivity index (χ3v) is 4.07. The molecule has 3 rings (SSSR count). The van der Waals surface area contributed by atoms with Crippen LogP contribution in [-0.2, 0) is 13.0 Å². The van der Waals surface area contributed by atoms with Gasteiger partial charge in [-0.3, -0.25) is 4.79 Å². The number of hydrogen-bond donors (Lipinski definition) is 1. The van der Waals surface area contributed by atoms with Gasteiger partial charge >= 0.3 is 0 Å². The highest BCUT2D eigenvalue weighted by Gasteiger charge is 2.17. The summed E-state index contributed by atoms with van der Waals surface area (Å²) in [5, 5.41) is 2.94. The Morgan fingerprint density at radius 2 is 1.73 bits per heavy atom. The molecular weight excluding hydrogens is 272 g/mol. The minimum atomic E-state index is -0.0563. The Kier molecular flexibility index (Phi) is 4.24. The van der Waals surface area contributed by atoms with Gasteiger partial charge in [0.05, 0.1) is 6.54 Å². The summed E-state index contributed by atoms with van der Waals surface area (Å²) in [6.07, 6.45) is 1.03. The molecule has 1 amide bonds. The Morgan fingerprint density at radius 3 is 2.50 bits per heavy atom. The first kappa shape index (κ1) is 14.4. The molecule has 0 saturated heterocycles. The zero-order valence-electron chi connectivity index (χ0n) is 12.6. The van der Waals surface area contributed by atoms with E-state index < -0.39 is 0 Å². The minimum absolute atomic E-state index is 0.0563. The summed E-state index contributed by atoms with van der Waals surface area (Å²) in [6, 6.07) is 17.8. The average Bonchev–Trinajstić information content (AvgIpc) is 2.59. The van der Waals surface area contributed by atoms with Crippen molar-refractivity contribution in [3.05, 3.63) is 83.6 Å². The zero-order chi connectivity index (χ0) is 15.4. The maximum atomic E-state index is 12.1. The van der Waals surface area contributed by atoms with Crippen LogP contribution in [0.4, 0.5) is 0 Å². The average molecular weight is 292 g/mol. The fourth-order valence-corrected chi connectivity index (χ4v) is 2.75. The Labute approximate surface area is 131 Å². The van der Waals surface area contributed by atoms with Gasteiger partial charge in [0.15, 0.2) is 0 Å². The van der Waals surface area contributed by atoms with Gasteiger partial charge in [-0.15, -0.1) is 0 Å². The first-order valence-electron chi connectivity index (χ1n) is 7.57. The molecule has 112 valence electrons. The van der Waals surface area contributed by atoms with Crippen molar-refractivity contribution in [1.82, 2.24) is 10.2 Å². The Morgan fingerprint density at radius 1 is 1.05 bits per heavy atom. The number of nitrogens with zero attached hydrogens (tertiary/aromatic N) is 1. The first-order valence-corrected chi connectivity index (χ1v) is 7.57. The normalized spacial score (nSPS) is 13.4. The maximum Gasteiger partial charge on any atom is 0.251 e. The van der Waals surface area contributed by atoms with E-state index in [4.69, 9.17) is 0 Å². The van der Waals surface area contributed by atoms with Gasteiger partial charge in [0, 0.05) is 24.4 Å². The van der Waals surface area contributed by atoms with Crippen molar-refractivity contribution in [2.75, 3.05) is 13.1 Å². The lowest BCUT2D eigenvalue weighted by molar-refractivity contribution is 0.0953. The molecule has 1 N–H and O–H groups in total. The van der Waals surface area contributed by atoms with Crippen molar-refractivity contribution < 1.29 is 4.79 Å². The lowest BCUT2D eigenvalue weighted by Gasteiger charge is -2.32. The summed E-state index contributed by atoms with van der Waals surface area (Å²) in [5.74, 6) is -0.0563. The maximum absolute atomic E-state index is 12.1. The van der Waals surface area contributed by atoms with Crippen molar-refractivity contribution in [2.45, 2.75) is 13.0 Å². The minimum Gasteiger partial charge on any atom is -0.369 e. The molecule has 3 heteroatoms. The van der Waals surface area contributed by atoms with Gasteiger partial charge < -0.3 is 10.2 Å². The van der Waals surface area contributed by atoms with E-state index in [1.54, 1.807) is 0 Å². The molecule has 0 bridgehead atoms. The van der Waals surface area contributed by atoms with Crippen LogP contribution in [0.3, 0.4) is 0 Å². The molecule has 1 heterocycles. The lowest BCUT2D eigenvalue weighted by atomic mass is 9.99. The Balaban J connectivity index is 1.56. The fourth-order valence-electron chi connectivity index (χ4n) is 2.75. The molecular formula is C19H20N2O. The third-order valence-electron chi connectivity index (χ3n) is 4.07. The van der Waals surface area contributed by atoms with Crippen LogP contribution >= 0.6 is 0 Å². The van der Waals surface area contributed by atoms with Gasteiger partial charge in [-0.05, 0) is 29.7 Å². The van der Waals surface area contributed by atoms with Crippen LogP contribution in [0.1, 0.15) is 21.5 Å². The molecule has 0 saturated carbocycles. The van der Waals surface area contributed by atoms with Gasteiger partial charge in [0.1, 0.15) is 0 Å². The summed E-state index contributed by atoms with van der Waals surface area (Å²) in [6.45, 7) is 6.44. The van der Waals surface area contributed by atoms with Crippen LogP contribution < -0.4 is 5.32 Å². The largest absolute Gasteiger partial charge is 0.369 e. The van der Waals surface area contributed by atoms with Crippen molar-refractivity contribution in [2.24, 2.45) is 0 Å². The van der Waals surface area contributed by atoms with E-state index in [0.29, 0.717) is 12.1 Å². The number of carbonyl (C=O) groups excluding carboxylic acids is 1. The summed E-state index contributed by atoms with van der Waals surface area (Å²) in [5.41, 5.74) is 4.40. The zero-order valence-corrected chi connectivity index (χ0v) is 12.6. The molecule has 1 aliphatic heterocycles. The number of rotatable bonds is 4. The number of benzene rings is 2. The van der Waals surface area contributed by atoms with Gasteiger partial charge in [-0.25, -0.2) is 0 Å². The molecule has 2 aromatic rings. The lowest BCUT2D eigenvalue weighted by Crippen LogP contribution is -2.35. The van der Waals surface area contributed by atoms with Gasteiger partial charge in [0.25, 0.3) is 5.91 Å². The van der Waals surface area contributed by atoms with Crippen molar-refractivity contribution in [3.63, 3.8) is 0 Å². The van der Waals surface area contributed by atoms with Crippen molar-refractivity contribution in [3.8, 4) is 0 Å². The van der Waals surface area contributed by atoms with Crippen molar-refractivity contribution in [1.29, 1.82) is 0 Å². The monoisotopic (exact) mass is 292 g/mol. The summed E-state index contributed by atoms with van der Waals surface area (Å²) < 4.78 is 0. The fraction of sp³-hybridized carbons (Fsp3) is 0.211. The van der Waals surface area contributed by atoms with E-state index in [1.165, 1.54) is 11.1 Å². The summed E-state index contributed by atoms with van der Waals surface area (Å²) >= 11 is 0. The van der Waals surface area contributed by atoms with E-state index in [-0.39, 0.29) is 5.91 Å². The van der Waals surface area contributed by atoms with Crippen LogP contribution in [0, 0.1) is 0 Å². The van der Waals surface area contributed by atoms with Gasteiger partial charge in [-0.2, -0.15) is 0 Å². The standard InChI is InChI=1S/C19H20N2O/c1-15(13-20-19(22)17-8-3-2-4-9-17)21-12-11-16-7-5-6-10-18(16)14-21/h2-10H,1,11-14H2,(H,20,22). The molecule has 3 nitrogen and oxygen atoms in total. The van der Waals surface area contributed by atoms with Gasteiger partial charge in [0.2, 0.25) is 0 Å². The highest BCUT2D eigenvalue weighted by atomic mass is 16.1. The molecule has 0 radical (unpaired) electrons. The van der Waals surface area contributed by atoms with Gasteiger partial charge in [-0.1, -0.05) is 49.0 Å². The van der Waals surface area contributed by atoms with E-state index in [1.807, 2.05) is 30.3 Å². The smallest absolute Gasteiger partial charge is 0.251 e.